The minimum absolute atomic E-state index is 0.0930. The normalized spacial score (nSPS) is 17.4. The molecule has 5 nitrogen and oxygen atoms in total. The van der Waals surface area contributed by atoms with E-state index in [1.54, 1.807) is 24.1 Å². The van der Waals surface area contributed by atoms with E-state index in [9.17, 15) is 9.18 Å². The lowest BCUT2D eigenvalue weighted by atomic mass is 10.0. The predicted molar refractivity (Wildman–Crippen MR) is 78.7 cm³/mol. The van der Waals surface area contributed by atoms with Gasteiger partial charge in [0.05, 0.1) is 12.3 Å². The van der Waals surface area contributed by atoms with Crippen LogP contribution in [0.3, 0.4) is 0 Å². The molecular weight excluding hydrogens is 273 g/mol. The van der Waals surface area contributed by atoms with Gasteiger partial charge in [-0.2, -0.15) is 0 Å². The van der Waals surface area contributed by atoms with Gasteiger partial charge in [0.25, 0.3) is 0 Å². The van der Waals surface area contributed by atoms with E-state index in [2.05, 4.69) is 10.5 Å². The van der Waals surface area contributed by atoms with Gasteiger partial charge in [0, 0.05) is 19.5 Å². The van der Waals surface area contributed by atoms with Crippen molar-refractivity contribution in [3.05, 3.63) is 35.6 Å². The molecule has 6 heteroatoms. The Morgan fingerprint density at radius 2 is 2.14 bits per heavy atom. The van der Waals surface area contributed by atoms with Crippen LogP contribution in [0.4, 0.5) is 9.18 Å². The zero-order valence-corrected chi connectivity index (χ0v) is 12.5. The highest BCUT2D eigenvalue weighted by Gasteiger charge is 2.25. The second-order valence-corrected chi connectivity index (χ2v) is 5.46. The number of hydrogen-bond donors (Lipinski definition) is 1. The number of benzene rings is 1. The summed E-state index contributed by atoms with van der Waals surface area (Å²) in [6.45, 7) is 4.27. The molecule has 0 aliphatic carbocycles. The molecule has 2 rings (SSSR count). The van der Waals surface area contributed by atoms with Crippen LogP contribution in [0.25, 0.3) is 0 Å². The van der Waals surface area contributed by atoms with Crippen molar-refractivity contribution in [2.24, 2.45) is 5.16 Å². The van der Waals surface area contributed by atoms with Crippen LogP contribution >= 0.6 is 0 Å². The minimum Gasteiger partial charge on any atom is -0.390 e. The first kappa shape index (κ1) is 15.3. The Hall–Kier alpha value is -2.11. The average molecular weight is 293 g/mol. The number of amides is 2. The van der Waals surface area contributed by atoms with E-state index >= 15 is 0 Å². The second-order valence-electron chi connectivity index (χ2n) is 5.46. The van der Waals surface area contributed by atoms with E-state index < -0.39 is 0 Å². The number of nitrogens with one attached hydrogen (secondary N) is 1. The van der Waals surface area contributed by atoms with Crippen molar-refractivity contribution >= 4 is 11.7 Å². The summed E-state index contributed by atoms with van der Waals surface area (Å²) in [5.41, 5.74) is 1.62. The highest BCUT2D eigenvalue weighted by atomic mass is 19.1. The summed E-state index contributed by atoms with van der Waals surface area (Å²) in [5, 5.41) is 6.84. The fourth-order valence-electron chi connectivity index (χ4n) is 2.08. The molecule has 21 heavy (non-hydrogen) atoms. The standard InChI is InChI=1S/C15H20FN3O2/c1-10(2)17-15(20)19(3)9-13-8-14(18-21-13)11-4-6-12(16)7-5-11/h4-7,10,13H,8-9H2,1-3H3,(H,17,20)/t13-/m0/s1. The molecule has 1 N–H and O–H groups in total. The quantitative estimate of drug-likeness (QED) is 0.926. The molecule has 114 valence electrons. The first-order valence-electron chi connectivity index (χ1n) is 6.96. The molecule has 1 atom stereocenters. The van der Waals surface area contributed by atoms with Gasteiger partial charge in [0.2, 0.25) is 0 Å². The Morgan fingerprint density at radius 3 is 2.76 bits per heavy atom. The van der Waals surface area contributed by atoms with Crippen LogP contribution < -0.4 is 5.32 Å². The first-order chi connectivity index (χ1) is 9.95. The van der Waals surface area contributed by atoms with Gasteiger partial charge in [-0.25, -0.2) is 9.18 Å². The molecule has 0 unspecified atom stereocenters. The van der Waals surface area contributed by atoms with Crippen molar-refractivity contribution < 1.29 is 14.0 Å². The van der Waals surface area contributed by atoms with Crippen molar-refractivity contribution in [1.29, 1.82) is 0 Å². The molecule has 0 radical (unpaired) electrons. The number of urea groups is 1. The van der Waals surface area contributed by atoms with Gasteiger partial charge < -0.3 is 15.1 Å². The van der Waals surface area contributed by atoms with Gasteiger partial charge >= 0.3 is 6.03 Å². The number of carbonyl (C=O) groups is 1. The highest BCUT2D eigenvalue weighted by Crippen LogP contribution is 2.17. The SMILES string of the molecule is CC(C)NC(=O)N(C)C[C@@H]1CC(c2ccc(F)cc2)=NO1. The molecule has 0 spiro atoms. The van der Waals surface area contributed by atoms with E-state index in [1.807, 2.05) is 13.8 Å². The number of likely N-dealkylation sites (N-methyl/N-ethyl adjacent to an activating group) is 1. The Balaban J connectivity index is 1.87. The fraction of sp³-hybridized carbons (Fsp3) is 0.467. The van der Waals surface area contributed by atoms with Crippen LogP contribution in [0.15, 0.2) is 29.4 Å². The molecule has 0 fully saturated rings. The smallest absolute Gasteiger partial charge is 0.317 e. The number of oxime groups is 1. The maximum Gasteiger partial charge on any atom is 0.317 e. The molecule has 1 heterocycles. The molecule has 1 aromatic carbocycles. The van der Waals surface area contributed by atoms with E-state index in [0.29, 0.717) is 13.0 Å². The Labute approximate surface area is 123 Å². The van der Waals surface area contributed by atoms with Crippen molar-refractivity contribution in [2.45, 2.75) is 32.4 Å². The Morgan fingerprint density at radius 1 is 1.48 bits per heavy atom. The van der Waals surface area contributed by atoms with E-state index in [0.717, 1.165) is 11.3 Å². The van der Waals surface area contributed by atoms with Crippen molar-refractivity contribution in [3.8, 4) is 0 Å². The molecule has 0 saturated heterocycles. The monoisotopic (exact) mass is 293 g/mol. The summed E-state index contributed by atoms with van der Waals surface area (Å²) in [6.07, 6.45) is 0.429. The molecule has 1 aliphatic rings. The molecule has 1 aromatic rings. The largest absolute Gasteiger partial charge is 0.390 e. The van der Waals surface area contributed by atoms with Gasteiger partial charge in [-0.3, -0.25) is 0 Å². The van der Waals surface area contributed by atoms with Crippen LogP contribution in [0.5, 0.6) is 0 Å². The molecule has 0 aromatic heterocycles. The number of halogens is 1. The average Bonchev–Trinajstić information content (AvgIpc) is 2.87. The Kier molecular flexibility index (Phi) is 4.77. The van der Waals surface area contributed by atoms with E-state index in [4.69, 9.17) is 4.84 Å². The van der Waals surface area contributed by atoms with Gasteiger partial charge in [-0.15, -0.1) is 0 Å². The molecular formula is C15H20FN3O2. The van der Waals surface area contributed by atoms with Crippen molar-refractivity contribution in [3.63, 3.8) is 0 Å². The van der Waals surface area contributed by atoms with Gasteiger partial charge in [0.15, 0.2) is 6.10 Å². The number of carbonyl (C=O) groups excluding carboxylic acids is 1. The summed E-state index contributed by atoms with van der Waals surface area (Å²) < 4.78 is 12.9. The second kappa shape index (κ2) is 6.56. The summed E-state index contributed by atoms with van der Waals surface area (Å²) >= 11 is 0. The maximum atomic E-state index is 12.9. The highest BCUT2D eigenvalue weighted by molar-refractivity contribution is 6.01. The lowest BCUT2D eigenvalue weighted by Gasteiger charge is -2.21. The van der Waals surface area contributed by atoms with Gasteiger partial charge in [-0.1, -0.05) is 17.3 Å². The van der Waals surface area contributed by atoms with Crippen molar-refractivity contribution in [1.82, 2.24) is 10.2 Å². The fourth-order valence-corrected chi connectivity index (χ4v) is 2.08. The predicted octanol–water partition coefficient (Wildman–Crippen LogP) is 2.37. The van der Waals surface area contributed by atoms with Crippen LogP contribution in [0, 0.1) is 5.82 Å². The summed E-state index contributed by atoms with van der Waals surface area (Å²) in [4.78, 5) is 18.7. The molecule has 1 aliphatic heterocycles. The number of rotatable bonds is 4. The molecule has 0 saturated carbocycles. The molecule has 2 amide bonds. The maximum absolute atomic E-state index is 12.9. The van der Waals surface area contributed by atoms with Crippen LogP contribution in [0.2, 0.25) is 0 Å². The Bertz CT molecular complexity index is 528. The molecule has 0 bridgehead atoms. The third-order valence-electron chi connectivity index (χ3n) is 3.15. The van der Waals surface area contributed by atoms with Crippen LogP contribution in [0.1, 0.15) is 25.8 Å². The third kappa shape index (κ3) is 4.18. The first-order valence-corrected chi connectivity index (χ1v) is 6.96. The topological polar surface area (TPSA) is 53.9 Å². The van der Waals surface area contributed by atoms with Gasteiger partial charge in [-0.05, 0) is 31.5 Å². The van der Waals surface area contributed by atoms with Crippen LogP contribution in [-0.2, 0) is 4.84 Å². The summed E-state index contributed by atoms with van der Waals surface area (Å²) in [5.74, 6) is -0.278. The lowest BCUT2D eigenvalue weighted by molar-refractivity contribution is 0.0655. The van der Waals surface area contributed by atoms with E-state index in [1.165, 1.54) is 12.1 Å². The zero-order valence-electron chi connectivity index (χ0n) is 12.5. The number of hydrogen-bond acceptors (Lipinski definition) is 3. The minimum atomic E-state index is -0.278. The number of nitrogens with zero attached hydrogens (tertiary/aromatic N) is 2. The van der Waals surface area contributed by atoms with Crippen LogP contribution in [-0.4, -0.2) is 42.4 Å². The third-order valence-corrected chi connectivity index (χ3v) is 3.15. The van der Waals surface area contributed by atoms with Gasteiger partial charge in [0.1, 0.15) is 5.82 Å². The van der Waals surface area contributed by atoms with E-state index in [-0.39, 0.29) is 24.0 Å². The lowest BCUT2D eigenvalue weighted by Crippen LogP contribution is -2.43. The summed E-state index contributed by atoms with van der Waals surface area (Å²) in [7, 11) is 1.72. The van der Waals surface area contributed by atoms with Crippen molar-refractivity contribution in [2.75, 3.05) is 13.6 Å². The zero-order chi connectivity index (χ0) is 15.4. The summed E-state index contributed by atoms with van der Waals surface area (Å²) in [6, 6.07) is 6.10.